The second-order valence-electron chi connectivity index (χ2n) is 5.30. The van der Waals surface area contributed by atoms with E-state index in [1.54, 1.807) is 23.9 Å². The quantitative estimate of drug-likeness (QED) is 0.822. The first-order valence-electron chi connectivity index (χ1n) is 6.83. The van der Waals surface area contributed by atoms with Gasteiger partial charge in [0.25, 0.3) is 0 Å². The number of nitrogens with zero attached hydrogens (tertiary/aromatic N) is 3. The summed E-state index contributed by atoms with van der Waals surface area (Å²) in [6, 6.07) is 0.0365. The van der Waals surface area contributed by atoms with Crippen molar-refractivity contribution in [2.24, 2.45) is 5.92 Å². The molecule has 1 heterocycles. The SMILES string of the molecule is CNCCN(C)C(=O)C1CCN(C(=O)N(C)C)CC1.Cl. The third kappa shape index (κ3) is 5.17. The molecule has 0 aliphatic carbocycles. The zero-order valence-corrected chi connectivity index (χ0v) is 13.7. The number of rotatable bonds is 4. The summed E-state index contributed by atoms with van der Waals surface area (Å²) in [5.41, 5.74) is 0. The van der Waals surface area contributed by atoms with Crippen LogP contribution in [-0.4, -0.2) is 81.0 Å². The fourth-order valence-electron chi connectivity index (χ4n) is 2.30. The number of likely N-dealkylation sites (N-methyl/N-ethyl adjacent to an activating group) is 2. The van der Waals surface area contributed by atoms with E-state index in [4.69, 9.17) is 0 Å². The van der Waals surface area contributed by atoms with Crippen molar-refractivity contribution in [1.82, 2.24) is 20.0 Å². The molecule has 0 aromatic carbocycles. The first-order valence-corrected chi connectivity index (χ1v) is 6.83. The Balaban J connectivity index is 0.00000361. The number of likely N-dealkylation sites (tertiary alicyclic amines) is 1. The Morgan fingerprint density at radius 3 is 2.20 bits per heavy atom. The molecule has 7 heteroatoms. The molecular formula is C13H27ClN4O2. The predicted molar refractivity (Wildman–Crippen MR) is 82.2 cm³/mol. The number of hydrogen-bond acceptors (Lipinski definition) is 3. The third-order valence-electron chi connectivity index (χ3n) is 3.57. The van der Waals surface area contributed by atoms with Crippen LogP contribution in [0.15, 0.2) is 0 Å². The average Bonchev–Trinajstić information content (AvgIpc) is 2.43. The molecule has 1 fully saturated rings. The lowest BCUT2D eigenvalue weighted by molar-refractivity contribution is -0.135. The minimum atomic E-state index is 0. The molecule has 20 heavy (non-hydrogen) atoms. The van der Waals surface area contributed by atoms with Crippen molar-refractivity contribution in [3.8, 4) is 0 Å². The van der Waals surface area contributed by atoms with Crippen LogP contribution in [0, 0.1) is 5.92 Å². The first kappa shape index (κ1) is 19.0. The zero-order valence-electron chi connectivity index (χ0n) is 12.9. The molecular weight excluding hydrogens is 280 g/mol. The summed E-state index contributed by atoms with van der Waals surface area (Å²) in [6.45, 7) is 2.88. The van der Waals surface area contributed by atoms with Crippen LogP contribution in [0.5, 0.6) is 0 Å². The summed E-state index contributed by atoms with van der Waals surface area (Å²) in [4.78, 5) is 29.2. The van der Waals surface area contributed by atoms with Crippen LogP contribution < -0.4 is 5.32 Å². The molecule has 3 amide bonds. The number of piperidine rings is 1. The number of nitrogens with one attached hydrogen (secondary N) is 1. The van der Waals surface area contributed by atoms with Gasteiger partial charge in [-0.25, -0.2) is 4.79 Å². The van der Waals surface area contributed by atoms with E-state index in [2.05, 4.69) is 5.32 Å². The maximum absolute atomic E-state index is 12.2. The van der Waals surface area contributed by atoms with E-state index < -0.39 is 0 Å². The van der Waals surface area contributed by atoms with Gasteiger partial charge >= 0.3 is 6.03 Å². The van der Waals surface area contributed by atoms with Gasteiger partial charge in [-0.05, 0) is 19.9 Å². The fourth-order valence-corrected chi connectivity index (χ4v) is 2.30. The Hall–Kier alpha value is -1.01. The van der Waals surface area contributed by atoms with Crippen molar-refractivity contribution in [1.29, 1.82) is 0 Å². The van der Waals surface area contributed by atoms with E-state index in [0.717, 1.165) is 25.9 Å². The van der Waals surface area contributed by atoms with Gasteiger partial charge in [0.2, 0.25) is 5.91 Å². The lowest BCUT2D eigenvalue weighted by Gasteiger charge is -2.34. The standard InChI is InChI=1S/C13H26N4O2.ClH/c1-14-7-10-16(4)12(18)11-5-8-17(9-6-11)13(19)15(2)3;/h11,14H,5-10H2,1-4H3;1H. The van der Waals surface area contributed by atoms with Gasteiger partial charge in [-0.15, -0.1) is 12.4 Å². The smallest absolute Gasteiger partial charge is 0.319 e. The molecule has 118 valence electrons. The van der Waals surface area contributed by atoms with E-state index in [9.17, 15) is 9.59 Å². The van der Waals surface area contributed by atoms with E-state index in [-0.39, 0.29) is 30.3 Å². The topological polar surface area (TPSA) is 55.9 Å². The summed E-state index contributed by atoms with van der Waals surface area (Å²) in [5.74, 6) is 0.264. The first-order chi connectivity index (χ1) is 8.97. The number of amides is 3. The largest absolute Gasteiger partial charge is 0.344 e. The highest BCUT2D eigenvalue weighted by Gasteiger charge is 2.29. The summed E-state index contributed by atoms with van der Waals surface area (Å²) in [6.07, 6.45) is 1.53. The molecule has 0 aromatic heterocycles. The number of carbonyl (C=O) groups is 2. The van der Waals surface area contributed by atoms with Gasteiger partial charge in [0.1, 0.15) is 0 Å². The number of halogens is 1. The summed E-state index contributed by atoms with van der Waals surface area (Å²) < 4.78 is 0. The Kier molecular flexibility index (Phi) is 8.57. The third-order valence-corrected chi connectivity index (χ3v) is 3.57. The molecule has 1 rings (SSSR count). The number of urea groups is 1. The molecule has 0 spiro atoms. The van der Waals surface area contributed by atoms with Crippen LogP contribution >= 0.6 is 12.4 Å². The molecule has 1 aliphatic heterocycles. The highest BCUT2D eigenvalue weighted by molar-refractivity contribution is 5.85. The van der Waals surface area contributed by atoms with Crippen molar-refractivity contribution in [2.75, 3.05) is 54.4 Å². The molecule has 0 aromatic rings. The molecule has 0 bridgehead atoms. The van der Waals surface area contributed by atoms with Crippen molar-refractivity contribution in [3.63, 3.8) is 0 Å². The van der Waals surface area contributed by atoms with Gasteiger partial charge in [-0.3, -0.25) is 4.79 Å². The maximum Gasteiger partial charge on any atom is 0.319 e. The van der Waals surface area contributed by atoms with Crippen molar-refractivity contribution >= 4 is 24.3 Å². The van der Waals surface area contributed by atoms with E-state index in [0.29, 0.717) is 13.1 Å². The van der Waals surface area contributed by atoms with E-state index >= 15 is 0 Å². The molecule has 0 radical (unpaired) electrons. The highest BCUT2D eigenvalue weighted by atomic mass is 35.5. The van der Waals surface area contributed by atoms with Gasteiger partial charge in [-0.2, -0.15) is 0 Å². The van der Waals surface area contributed by atoms with Gasteiger partial charge in [-0.1, -0.05) is 0 Å². The highest BCUT2D eigenvalue weighted by Crippen LogP contribution is 2.19. The van der Waals surface area contributed by atoms with Crippen molar-refractivity contribution in [3.05, 3.63) is 0 Å². The Morgan fingerprint density at radius 1 is 1.20 bits per heavy atom. The second kappa shape index (κ2) is 9.02. The van der Waals surface area contributed by atoms with Gasteiger partial charge < -0.3 is 20.0 Å². The van der Waals surface area contributed by atoms with Crippen LogP contribution in [0.1, 0.15) is 12.8 Å². The van der Waals surface area contributed by atoms with Crippen LogP contribution in [0.2, 0.25) is 0 Å². The molecule has 1 N–H and O–H groups in total. The summed E-state index contributed by atoms with van der Waals surface area (Å²) >= 11 is 0. The number of carbonyl (C=O) groups excluding carboxylic acids is 2. The minimum absolute atomic E-state index is 0. The molecule has 6 nitrogen and oxygen atoms in total. The van der Waals surface area contributed by atoms with Crippen LogP contribution in [0.3, 0.4) is 0 Å². The minimum Gasteiger partial charge on any atom is -0.344 e. The lowest BCUT2D eigenvalue weighted by atomic mass is 9.95. The normalized spacial score (nSPS) is 15.5. The van der Waals surface area contributed by atoms with Crippen LogP contribution in [0.25, 0.3) is 0 Å². The molecule has 0 unspecified atom stereocenters. The monoisotopic (exact) mass is 306 g/mol. The fraction of sp³-hybridized carbons (Fsp3) is 0.846. The second-order valence-corrected chi connectivity index (χ2v) is 5.30. The van der Waals surface area contributed by atoms with Crippen molar-refractivity contribution < 1.29 is 9.59 Å². The maximum atomic E-state index is 12.2. The predicted octanol–water partition coefficient (Wildman–Crippen LogP) is 0.480. The van der Waals surface area contributed by atoms with E-state index in [1.807, 2.05) is 19.0 Å². The zero-order chi connectivity index (χ0) is 14.4. The van der Waals surface area contributed by atoms with E-state index in [1.165, 1.54) is 0 Å². The van der Waals surface area contributed by atoms with Crippen LogP contribution in [-0.2, 0) is 4.79 Å². The summed E-state index contributed by atoms with van der Waals surface area (Å²) in [7, 11) is 7.23. The van der Waals surface area contributed by atoms with Gasteiger partial charge in [0.15, 0.2) is 0 Å². The molecule has 1 saturated heterocycles. The summed E-state index contributed by atoms with van der Waals surface area (Å²) in [5, 5.41) is 3.04. The number of hydrogen-bond donors (Lipinski definition) is 1. The Bertz CT molecular complexity index is 317. The van der Waals surface area contributed by atoms with Gasteiger partial charge in [0.05, 0.1) is 0 Å². The molecule has 0 atom stereocenters. The lowest BCUT2D eigenvalue weighted by Crippen LogP contribution is -2.47. The Labute approximate surface area is 127 Å². The Morgan fingerprint density at radius 2 is 1.75 bits per heavy atom. The van der Waals surface area contributed by atoms with Crippen molar-refractivity contribution in [2.45, 2.75) is 12.8 Å². The van der Waals surface area contributed by atoms with Crippen LogP contribution in [0.4, 0.5) is 4.79 Å². The molecule has 0 saturated carbocycles. The molecule has 1 aliphatic rings. The van der Waals surface area contributed by atoms with Gasteiger partial charge in [0, 0.05) is 53.2 Å². The average molecular weight is 307 g/mol.